The first-order valence-corrected chi connectivity index (χ1v) is 13.4. The van der Waals surface area contributed by atoms with E-state index in [0.29, 0.717) is 28.4 Å². The summed E-state index contributed by atoms with van der Waals surface area (Å²) >= 11 is 0. The van der Waals surface area contributed by atoms with E-state index in [-0.39, 0.29) is 18.2 Å². The molecule has 3 aliphatic rings. The highest BCUT2D eigenvalue weighted by atomic mass is 16.5. The molecule has 3 aliphatic heterocycles. The van der Waals surface area contributed by atoms with Crippen molar-refractivity contribution in [1.29, 1.82) is 0 Å². The van der Waals surface area contributed by atoms with Crippen molar-refractivity contribution in [2.75, 3.05) is 49.8 Å². The van der Waals surface area contributed by atoms with Gasteiger partial charge in [-0.15, -0.1) is 0 Å². The Morgan fingerprint density at radius 2 is 1.87 bits per heavy atom. The van der Waals surface area contributed by atoms with Crippen LogP contribution in [-0.2, 0) is 9.53 Å². The number of hydrogen-bond donors (Lipinski definition) is 1. The van der Waals surface area contributed by atoms with Gasteiger partial charge in [-0.25, -0.2) is 0 Å². The number of amides is 2. The lowest BCUT2D eigenvalue weighted by atomic mass is 9.80. The lowest BCUT2D eigenvalue weighted by molar-refractivity contribution is -0.120. The van der Waals surface area contributed by atoms with Crippen LogP contribution in [0.2, 0.25) is 0 Å². The second-order valence-electron chi connectivity index (χ2n) is 10.5. The zero-order chi connectivity index (χ0) is 26.8. The van der Waals surface area contributed by atoms with E-state index < -0.39 is 11.9 Å². The highest BCUT2D eigenvalue weighted by Crippen LogP contribution is 2.43. The first-order chi connectivity index (χ1) is 19.0. The Bertz CT molecular complexity index is 1360. The number of ether oxygens (including phenoxy) is 3. The van der Waals surface area contributed by atoms with Gasteiger partial charge in [0.1, 0.15) is 35.6 Å². The van der Waals surface area contributed by atoms with Gasteiger partial charge in [0.05, 0.1) is 5.69 Å². The van der Waals surface area contributed by atoms with Crippen LogP contribution in [0, 0.1) is 5.41 Å². The second kappa shape index (κ2) is 10.6. The number of nitrogens with one attached hydrogen (secondary N) is 1. The zero-order valence-electron chi connectivity index (χ0n) is 22.0. The molecule has 9 nitrogen and oxygen atoms in total. The molecule has 1 atom stereocenters. The van der Waals surface area contributed by atoms with Gasteiger partial charge < -0.3 is 29.3 Å². The number of hydrogen-bond acceptors (Lipinski definition) is 7. The Balaban J connectivity index is 1.14. The molecule has 0 saturated carbocycles. The van der Waals surface area contributed by atoms with Crippen LogP contribution in [0.25, 0.3) is 0 Å². The van der Waals surface area contributed by atoms with Crippen LogP contribution in [0.5, 0.6) is 17.2 Å². The van der Waals surface area contributed by atoms with Crippen LogP contribution < -0.4 is 24.6 Å². The first-order valence-electron chi connectivity index (χ1n) is 13.4. The van der Waals surface area contributed by atoms with Gasteiger partial charge in [0.2, 0.25) is 0 Å². The summed E-state index contributed by atoms with van der Waals surface area (Å²) in [5, 5.41) is 2.79. The van der Waals surface area contributed by atoms with Crippen LogP contribution in [-0.4, -0.2) is 62.8 Å². The molecule has 1 spiro atoms. The standard InChI is InChI=1S/C30H32N4O5/c1-33-26-17-21(34-14-10-30(20-34)11-15-37-16-12-30)7-8-27(26)38-19-25(29(33)36)32-28(35)24-18-23(9-13-31-24)39-22-5-3-2-4-6-22/h2-9,13,17-18,25H,10-12,14-16,19-20H2,1H3,(H,32,35)/t25-/m0/s1. The Morgan fingerprint density at radius 1 is 1.05 bits per heavy atom. The fraction of sp³-hybridized carbons (Fsp3) is 0.367. The predicted molar refractivity (Wildman–Crippen MR) is 147 cm³/mol. The highest BCUT2D eigenvalue weighted by molar-refractivity contribution is 6.03. The fourth-order valence-corrected chi connectivity index (χ4v) is 5.61. The van der Waals surface area contributed by atoms with Crippen LogP contribution in [0.15, 0.2) is 66.9 Å². The molecule has 4 heterocycles. The summed E-state index contributed by atoms with van der Waals surface area (Å²) in [6, 6.07) is 17.6. The number of pyridine rings is 1. The predicted octanol–water partition coefficient (Wildman–Crippen LogP) is 4.03. The van der Waals surface area contributed by atoms with Crippen LogP contribution >= 0.6 is 0 Å². The Hall–Kier alpha value is -4.11. The van der Waals surface area contributed by atoms with E-state index >= 15 is 0 Å². The van der Waals surface area contributed by atoms with E-state index in [1.165, 1.54) is 6.20 Å². The Kier molecular flexibility index (Phi) is 6.83. The number of anilines is 2. The number of nitrogens with zero attached hydrogens (tertiary/aromatic N) is 3. The van der Waals surface area contributed by atoms with Gasteiger partial charge in [0, 0.05) is 51.3 Å². The molecule has 1 N–H and O–H groups in total. The molecule has 2 amide bonds. The number of carbonyl (C=O) groups excluding carboxylic acids is 2. The molecule has 0 aliphatic carbocycles. The molecule has 1 aromatic heterocycles. The van der Waals surface area contributed by atoms with Crippen molar-refractivity contribution >= 4 is 23.2 Å². The fourth-order valence-electron chi connectivity index (χ4n) is 5.61. The molecule has 6 rings (SSSR count). The molecule has 39 heavy (non-hydrogen) atoms. The molecule has 9 heteroatoms. The molecular formula is C30H32N4O5. The van der Waals surface area contributed by atoms with Gasteiger partial charge in [-0.2, -0.15) is 0 Å². The number of para-hydroxylation sites is 1. The molecule has 202 valence electrons. The lowest BCUT2D eigenvalue weighted by Crippen LogP contribution is -2.49. The van der Waals surface area contributed by atoms with Crippen molar-refractivity contribution in [2.45, 2.75) is 25.3 Å². The van der Waals surface area contributed by atoms with E-state index in [2.05, 4.69) is 21.3 Å². The minimum absolute atomic E-state index is 0.0221. The van der Waals surface area contributed by atoms with E-state index in [4.69, 9.17) is 14.2 Å². The molecule has 2 fully saturated rings. The second-order valence-corrected chi connectivity index (χ2v) is 10.5. The average Bonchev–Trinajstić information content (AvgIpc) is 3.33. The summed E-state index contributed by atoms with van der Waals surface area (Å²) in [7, 11) is 1.72. The number of benzene rings is 2. The quantitative estimate of drug-likeness (QED) is 0.534. The maximum Gasteiger partial charge on any atom is 0.270 e. The molecule has 2 saturated heterocycles. The van der Waals surface area contributed by atoms with E-state index in [1.54, 1.807) is 24.1 Å². The summed E-state index contributed by atoms with van der Waals surface area (Å²) in [5.41, 5.74) is 2.23. The molecular weight excluding hydrogens is 496 g/mol. The van der Waals surface area contributed by atoms with E-state index in [1.807, 2.05) is 42.5 Å². The third-order valence-corrected chi connectivity index (χ3v) is 7.94. The van der Waals surface area contributed by atoms with Crippen molar-refractivity contribution in [1.82, 2.24) is 10.3 Å². The summed E-state index contributed by atoms with van der Waals surface area (Å²) in [5.74, 6) is 1.01. The van der Waals surface area contributed by atoms with E-state index in [0.717, 1.165) is 51.3 Å². The lowest BCUT2D eigenvalue weighted by Gasteiger charge is -2.33. The topological polar surface area (TPSA) is 93.2 Å². The summed E-state index contributed by atoms with van der Waals surface area (Å²) in [6.45, 7) is 3.66. The summed E-state index contributed by atoms with van der Waals surface area (Å²) in [6.07, 6.45) is 4.84. The van der Waals surface area contributed by atoms with Crippen LogP contribution in [0.4, 0.5) is 11.4 Å². The van der Waals surface area contributed by atoms with E-state index in [9.17, 15) is 9.59 Å². The molecule has 0 bridgehead atoms. The SMILES string of the molecule is CN1C(=O)[C@@H](NC(=O)c2cc(Oc3ccccc3)ccn2)COc2ccc(N3CCC4(CCOCC4)C3)cc21. The maximum absolute atomic E-state index is 13.4. The van der Waals surface area contributed by atoms with Gasteiger partial charge in [0.25, 0.3) is 11.8 Å². The largest absolute Gasteiger partial charge is 0.489 e. The Labute approximate surface area is 227 Å². The maximum atomic E-state index is 13.4. The van der Waals surface area contributed by atoms with Crippen molar-refractivity contribution in [3.63, 3.8) is 0 Å². The minimum Gasteiger partial charge on any atom is -0.489 e. The van der Waals surface area contributed by atoms with Gasteiger partial charge in [-0.05, 0) is 61.1 Å². The summed E-state index contributed by atoms with van der Waals surface area (Å²) in [4.78, 5) is 34.6. The average molecular weight is 529 g/mol. The van der Waals surface area contributed by atoms with Gasteiger partial charge >= 0.3 is 0 Å². The van der Waals surface area contributed by atoms with Crippen molar-refractivity contribution in [3.05, 3.63) is 72.6 Å². The zero-order valence-corrected chi connectivity index (χ0v) is 22.0. The van der Waals surface area contributed by atoms with Crippen LogP contribution in [0.1, 0.15) is 29.8 Å². The normalized spacial score (nSPS) is 20.2. The number of fused-ring (bicyclic) bond motifs is 1. The molecule has 0 radical (unpaired) electrons. The molecule has 2 aromatic carbocycles. The van der Waals surface area contributed by atoms with Gasteiger partial charge in [-0.1, -0.05) is 18.2 Å². The monoisotopic (exact) mass is 528 g/mol. The molecule has 0 unspecified atom stereocenters. The number of rotatable bonds is 5. The highest BCUT2D eigenvalue weighted by Gasteiger charge is 2.40. The smallest absolute Gasteiger partial charge is 0.270 e. The van der Waals surface area contributed by atoms with Crippen molar-refractivity contribution < 1.29 is 23.8 Å². The first kappa shape index (κ1) is 25.2. The van der Waals surface area contributed by atoms with Crippen molar-refractivity contribution in [3.8, 4) is 17.2 Å². The Morgan fingerprint density at radius 3 is 2.69 bits per heavy atom. The third-order valence-electron chi connectivity index (χ3n) is 7.94. The number of aromatic nitrogens is 1. The molecule has 3 aromatic rings. The van der Waals surface area contributed by atoms with Gasteiger partial charge in [0.15, 0.2) is 0 Å². The minimum atomic E-state index is -0.865. The number of carbonyl (C=O) groups is 2. The number of likely N-dealkylation sites (N-methyl/N-ethyl adjacent to an activating group) is 1. The third kappa shape index (κ3) is 5.27. The van der Waals surface area contributed by atoms with Crippen LogP contribution in [0.3, 0.4) is 0 Å². The van der Waals surface area contributed by atoms with Gasteiger partial charge in [-0.3, -0.25) is 14.6 Å². The summed E-state index contributed by atoms with van der Waals surface area (Å²) < 4.78 is 17.4. The van der Waals surface area contributed by atoms with Crippen molar-refractivity contribution in [2.24, 2.45) is 5.41 Å².